The van der Waals surface area contributed by atoms with Gasteiger partial charge in [0.05, 0.1) is 39.9 Å². The highest BCUT2D eigenvalue weighted by Gasteiger charge is 2.34. The molecular weight excluding hydrogens is 668 g/mol. The van der Waals surface area contributed by atoms with Gasteiger partial charge in [-0.25, -0.2) is 19.0 Å². The summed E-state index contributed by atoms with van der Waals surface area (Å²) in [5.41, 5.74) is 7.57. The third kappa shape index (κ3) is 6.68. The van der Waals surface area contributed by atoms with Gasteiger partial charge < -0.3 is 15.4 Å². The molecule has 3 N–H and O–H groups in total. The van der Waals surface area contributed by atoms with Crippen molar-refractivity contribution in [1.29, 1.82) is 0 Å². The highest BCUT2D eigenvalue weighted by molar-refractivity contribution is 7.23. The summed E-state index contributed by atoms with van der Waals surface area (Å²) in [7, 11) is 0. The summed E-state index contributed by atoms with van der Waals surface area (Å²) in [5, 5.41) is 12.1. The van der Waals surface area contributed by atoms with Crippen LogP contribution >= 0.6 is 11.3 Å². The predicted octanol–water partition coefficient (Wildman–Crippen LogP) is 7.33. The van der Waals surface area contributed by atoms with Crippen LogP contribution in [-0.2, 0) is 37.0 Å². The van der Waals surface area contributed by atoms with Gasteiger partial charge in [0.2, 0.25) is 0 Å². The lowest BCUT2D eigenvalue weighted by atomic mass is 9.91. The van der Waals surface area contributed by atoms with Crippen molar-refractivity contribution < 1.29 is 18.4 Å². The SMILES string of the molecule is CCOC(=O)c1c([C@@H]2CCCN2)nc(CCc2ccc(F)cc2)c(-c2noc(=O)[nH]2)c1-c1cc2ccnc(NCc3ccc4c(c3)CCC4)c2s1. The van der Waals surface area contributed by atoms with E-state index in [4.69, 9.17) is 19.2 Å². The molecule has 0 bridgehead atoms. The maximum Gasteiger partial charge on any atom is 0.439 e. The molecule has 6 aromatic rings. The first-order valence-electron chi connectivity index (χ1n) is 17.5. The van der Waals surface area contributed by atoms with E-state index < -0.39 is 11.7 Å². The van der Waals surface area contributed by atoms with Crippen molar-refractivity contribution in [3.8, 4) is 21.8 Å². The second kappa shape index (κ2) is 14.2. The van der Waals surface area contributed by atoms with Crippen molar-refractivity contribution in [3.05, 3.63) is 116 Å². The number of benzene rings is 2. The van der Waals surface area contributed by atoms with E-state index >= 15 is 0 Å². The van der Waals surface area contributed by atoms with E-state index in [0.717, 1.165) is 58.6 Å². The molecule has 8 rings (SSSR count). The van der Waals surface area contributed by atoms with Crippen LogP contribution in [0, 0.1) is 5.82 Å². The number of thiophene rings is 1. The topological polar surface area (TPSA) is 135 Å². The minimum atomic E-state index is -0.724. The molecule has 10 nitrogen and oxygen atoms in total. The molecule has 0 radical (unpaired) electrons. The fraction of sp³-hybridized carbons (Fsp3) is 0.308. The normalized spacial score (nSPS) is 15.4. The molecule has 5 heterocycles. The van der Waals surface area contributed by atoms with Crippen LogP contribution in [0.25, 0.3) is 31.9 Å². The Morgan fingerprint density at radius 1 is 1.04 bits per heavy atom. The Morgan fingerprint density at radius 3 is 2.67 bits per heavy atom. The molecular formula is C39H37FN6O4S. The number of fused-ring (bicyclic) bond motifs is 2. The number of nitrogens with one attached hydrogen (secondary N) is 3. The number of H-pyrrole nitrogens is 1. The fourth-order valence-corrected chi connectivity index (χ4v) is 8.48. The smallest absolute Gasteiger partial charge is 0.439 e. The average Bonchev–Trinajstić information content (AvgIpc) is 3.97. The zero-order valence-electron chi connectivity index (χ0n) is 28.2. The molecule has 260 valence electrons. The Hall–Kier alpha value is -5.20. The van der Waals surface area contributed by atoms with E-state index in [-0.39, 0.29) is 24.3 Å². The number of esters is 1. The first-order valence-corrected chi connectivity index (χ1v) is 18.3. The third-order valence-electron chi connectivity index (χ3n) is 9.71. The van der Waals surface area contributed by atoms with Gasteiger partial charge >= 0.3 is 11.7 Å². The molecule has 2 aliphatic rings. The molecule has 1 saturated heterocycles. The summed E-state index contributed by atoms with van der Waals surface area (Å²) < 4.78 is 25.4. The highest BCUT2D eigenvalue weighted by Crippen LogP contribution is 2.45. The summed E-state index contributed by atoms with van der Waals surface area (Å²) in [6.45, 7) is 3.36. The molecule has 1 aliphatic heterocycles. The Balaban J connectivity index is 1.29. The molecule has 0 spiro atoms. The van der Waals surface area contributed by atoms with Crippen molar-refractivity contribution in [1.82, 2.24) is 25.4 Å². The number of aromatic amines is 1. The number of hydrogen-bond donors (Lipinski definition) is 3. The number of hydrogen-bond acceptors (Lipinski definition) is 10. The second-order valence-electron chi connectivity index (χ2n) is 13.0. The van der Waals surface area contributed by atoms with Gasteiger partial charge in [0, 0.05) is 23.2 Å². The largest absolute Gasteiger partial charge is 0.462 e. The molecule has 51 heavy (non-hydrogen) atoms. The molecule has 12 heteroatoms. The number of nitrogens with zero attached hydrogens (tertiary/aromatic N) is 3. The van der Waals surface area contributed by atoms with Crippen LogP contribution in [-0.4, -0.2) is 39.2 Å². The van der Waals surface area contributed by atoms with Crippen molar-refractivity contribution in [2.45, 2.75) is 64.5 Å². The molecule has 0 saturated carbocycles. The Labute approximate surface area is 297 Å². The molecule has 1 aliphatic carbocycles. The van der Waals surface area contributed by atoms with Crippen LogP contribution in [0.1, 0.15) is 76.2 Å². The van der Waals surface area contributed by atoms with E-state index in [2.05, 4.69) is 39.0 Å². The minimum absolute atomic E-state index is 0.165. The van der Waals surface area contributed by atoms with Gasteiger partial charge in [-0.1, -0.05) is 35.5 Å². The standard InChI is InChI=1S/C39H37FN6O4S/c1-2-49-38(47)33-32(30-20-26-16-18-42-37(35(26)51-30)43-21-23-8-12-24-5-3-6-25(24)19-23)31(36-45-39(48)50-46-36)28(44-34(33)29-7-4-17-41-29)15-11-22-9-13-27(40)14-10-22/h8-10,12-14,16,18-20,29,41H,2-7,11,15,17,21H2,1H3,(H,42,43)(H,45,46,48)/t29-/m0/s1. The van der Waals surface area contributed by atoms with Crippen LogP contribution in [0.4, 0.5) is 10.2 Å². The number of anilines is 1. The van der Waals surface area contributed by atoms with Crippen molar-refractivity contribution in [2.75, 3.05) is 18.5 Å². The lowest BCUT2D eigenvalue weighted by Gasteiger charge is -2.22. The van der Waals surface area contributed by atoms with Crippen LogP contribution < -0.4 is 16.4 Å². The van der Waals surface area contributed by atoms with Crippen LogP contribution in [0.3, 0.4) is 0 Å². The fourth-order valence-electron chi connectivity index (χ4n) is 7.30. The van der Waals surface area contributed by atoms with Gasteiger partial charge in [-0.05, 0) is 110 Å². The molecule has 4 aromatic heterocycles. The van der Waals surface area contributed by atoms with Gasteiger partial charge in [0.25, 0.3) is 0 Å². The number of carbonyl (C=O) groups excluding carboxylic acids is 1. The monoisotopic (exact) mass is 704 g/mol. The summed E-state index contributed by atoms with van der Waals surface area (Å²) in [6, 6.07) is 16.9. The quantitative estimate of drug-likeness (QED) is 0.119. The number of aromatic nitrogens is 4. The molecule has 1 atom stereocenters. The zero-order chi connectivity index (χ0) is 34.9. The Morgan fingerprint density at radius 2 is 1.88 bits per heavy atom. The van der Waals surface area contributed by atoms with Crippen LogP contribution in [0.15, 0.2) is 70.1 Å². The maximum absolute atomic E-state index is 14.1. The number of ether oxygens (including phenoxy) is 1. The third-order valence-corrected chi connectivity index (χ3v) is 10.9. The van der Waals surface area contributed by atoms with Gasteiger partial charge in [0.15, 0.2) is 5.82 Å². The average molecular weight is 705 g/mol. The number of pyridine rings is 2. The summed E-state index contributed by atoms with van der Waals surface area (Å²) in [4.78, 5) is 39.9. The lowest BCUT2D eigenvalue weighted by molar-refractivity contribution is 0.0524. The van der Waals surface area contributed by atoms with Gasteiger partial charge in [-0.3, -0.25) is 14.5 Å². The van der Waals surface area contributed by atoms with Crippen molar-refractivity contribution in [2.24, 2.45) is 0 Å². The molecule has 1 fully saturated rings. The molecule has 0 unspecified atom stereocenters. The van der Waals surface area contributed by atoms with Crippen molar-refractivity contribution >= 4 is 33.2 Å². The second-order valence-corrected chi connectivity index (χ2v) is 14.1. The van der Waals surface area contributed by atoms with Gasteiger partial charge in [-0.2, -0.15) is 0 Å². The van der Waals surface area contributed by atoms with E-state index in [9.17, 15) is 14.0 Å². The van der Waals surface area contributed by atoms with Crippen molar-refractivity contribution in [3.63, 3.8) is 0 Å². The summed E-state index contributed by atoms with van der Waals surface area (Å²) in [6.07, 6.45) is 7.91. The first-order chi connectivity index (χ1) is 24.9. The maximum atomic E-state index is 14.1. The number of rotatable bonds is 11. The number of carbonyl (C=O) groups is 1. The van der Waals surface area contributed by atoms with E-state index in [1.165, 1.54) is 46.6 Å². The Bertz CT molecular complexity index is 2290. The summed E-state index contributed by atoms with van der Waals surface area (Å²) >= 11 is 1.50. The Kier molecular flexibility index (Phi) is 9.18. The minimum Gasteiger partial charge on any atom is -0.462 e. The van der Waals surface area contributed by atoms with E-state index in [1.807, 2.05) is 12.1 Å². The highest BCUT2D eigenvalue weighted by atomic mass is 32.1. The summed E-state index contributed by atoms with van der Waals surface area (Å²) in [5.74, 6) is -0.640. The van der Waals surface area contributed by atoms with Gasteiger partial charge in [0.1, 0.15) is 11.6 Å². The number of halogens is 1. The van der Waals surface area contributed by atoms with Crippen LogP contribution in [0.5, 0.6) is 0 Å². The van der Waals surface area contributed by atoms with E-state index in [1.54, 1.807) is 25.3 Å². The molecule has 2 aromatic carbocycles. The predicted molar refractivity (Wildman–Crippen MR) is 195 cm³/mol. The van der Waals surface area contributed by atoms with Gasteiger partial charge in [-0.15, -0.1) is 11.3 Å². The zero-order valence-corrected chi connectivity index (χ0v) is 29.0. The lowest BCUT2D eigenvalue weighted by Crippen LogP contribution is -2.22. The first kappa shape index (κ1) is 33.0. The van der Waals surface area contributed by atoms with Crippen LogP contribution in [0.2, 0.25) is 0 Å². The molecule has 0 amide bonds. The van der Waals surface area contributed by atoms with E-state index in [0.29, 0.717) is 47.5 Å². The number of aryl methyl sites for hydroxylation is 4.